The first-order valence-electron chi connectivity index (χ1n) is 6.99. The van der Waals surface area contributed by atoms with Gasteiger partial charge in [-0.1, -0.05) is 60.7 Å². The van der Waals surface area contributed by atoms with Crippen LogP contribution in [0.3, 0.4) is 0 Å². The van der Waals surface area contributed by atoms with Gasteiger partial charge in [-0.05, 0) is 36.8 Å². The molecule has 2 aliphatic rings. The van der Waals surface area contributed by atoms with Crippen molar-refractivity contribution in [2.24, 2.45) is 0 Å². The van der Waals surface area contributed by atoms with Crippen molar-refractivity contribution in [3.05, 3.63) is 71.8 Å². The maximum absolute atomic E-state index is 2.33. The second-order valence-electron chi connectivity index (χ2n) is 5.90. The second-order valence-corrected chi connectivity index (χ2v) is 5.90. The van der Waals surface area contributed by atoms with Gasteiger partial charge < -0.3 is 0 Å². The topological polar surface area (TPSA) is 0 Å². The Morgan fingerprint density at radius 1 is 0.500 bits per heavy atom. The normalized spacial score (nSPS) is 22.4. The van der Waals surface area contributed by atoms with Gasteiger partial charge in [0, 0.05) is 10.8 Å². The molecule has 0 saturated heterocycles. The third-order valence-electron chi connectivity index (χ3n) is 5.07. The number of benzene rings is 2. The van der Waals surface area contributed by atoms with Crippen LogP contribution in [0.2, 0.25) is 0 Å². The van der Waals surface area contributed by atoms with Crippen LogP contribution >= 0.6 is 0 Å². The molecular formula is C18H18. The SMILES string of the molecule is c1ccc(C2(C3(c4ccccc4)CC3)CC2)cc1. The lowest BCUT2D eigenvalue weighted by molar-refractivity contribution is 0.507. The lowest BCUT2D eigenvalue weighted by Crippen LogP contribution is -2.26. The van der Waals surface area contributed by atoms with Crippen LogP contribution in [0.5, 0.6) is 0 Å². The molecule has 0 radical (unpaired) electrons. The minimum absolute atomic E-state index is 0.454. The van der Waals surface area contributed by atoms with Gasteiger partial charge in [0.15, 0.2) is 0 Å². The molecule has 0 spiro atoms. The molecule has 0 bridgehead atoms. The molecule has 18 heavy (non-hydrogen) atoms. The molecule has 0 atom stereocenters. The molecule has 2 aromatic rings. The summed E-state index contributed by atoms with van der Waals surface area (Å²) in [4.78, 5) is 0. The van der Waals surface area contributed by atoms with Crippen molar-refractivity contribution in [2.75, 3.05) is 0 Å². The van der Waals surface area contributed by atoms with E-state index in [0.29, 0.717) is 10.8 Å². The Hall–Kier alpha value is -1.56. The molecule has 0 amide bonds. The lowest BCUT2D eigenvalue weighted by atomic mass is 9.75. The van der Waals surface area contributed by atoms with Gasteiger partial charge in [0.1, 0.15) is 0 Å². The van der Waals surface area contributed by atoms with Gasteiger partial charge in [-0.2, -0.15) is 0 Å². The quantitative estimate of drug-likeness (QED) is 0.736. The van der Waals surface area contributed by atoms with Gasteiger partial charge in [0.25, 0.3) is 0 Å². The van der Waals surface area contributed by atoms with Crippen LogP contribution in [0.1, 0.15) is 36.8 Å². The largest absolute Gasteiger partial charge is 0.0622 e. The minimum atomic E-state index is 0.454. The zero-order chi connectivity index (χ0) is 12.1. The van der Waals surface area contributed by atoms with Crippen LogP contribution in [-0.2, 0) is 10.8 Å². The van der Waals surface area contributed by atoms with E-state index in [9.17, 15) is 0 Å². The number of hydrogen-bond donors (Lipinski definition) is 0. The highest BCUT2D eigenvalue weighted by Gasteiger charge is 2.66. The van der Waals surface area contributed by atoms with Crippen molar-refractivity contribution in [1.29, 1.82) is 0 Å². The lowest BCUT2D eigenvalue weighted by Gasteiger charge is -2.28. The summed E-state index contributed by atoms with van der Waals surface area (Å²) in [5.74, 6) is 0. The van der Waals surface area contributed by atoms with E-state index in [2.05, 4.69) is 60.7 Å². The molecule has 2 aromatic carbocycles. The zero-order valence-electron chi connectivity index (χ0n) is 10.6. The summed E-state index contributed by atoms with van der Waals surface area (Å²) in [7, 11) is 0. The summed E-state index contributed by atoms with van der Waals surface area (Å²) >= 11 is 0. The first kappa shape index (κ1) is 10.4. The second kappa shape index (κ2) is 3.47. The van der Waals surface area contributed by atoms with Gasteiger partial charge in [0.05, 0.1) is 0 Å². The summed E-state index contributed by atoms with van der Waals surface area (Å²) in [5.41, 5.74) is 4.03. The van der Waals surface area contributed by atoms with Crippen LogP contribution in [0.4, 0.5) is 0 Å². The monoisotopic (exact) mass is 234 g/mol. The third-order valence-corrected chi connectivity index (χ3v) is 5.07. The maximum Gasteiger partial charge on any atom is 0.00504 e. The molecule has 0 unspecified atom stereocenters. The van der Waals surface area contributed by atoms with Crippen LogP contribution in [0, 0.1) is 0 Å². The van der Waals surface area contributed by atoms with Gasteiger partial charge in [-0.3, -0.25) is 0 Å². The number of rotatable bonds is 3. The molecule has 0 heteroatoms. The van der Waals surface area contributed by atoms with Crippen LogP contribution in [-0.4, -0.2) is 0 Å². The molecule has 4 rings (SSSR count). The highest BCUT2D eigenvalue weighted by Crippen LogP contribution is 2.71. The van der Waals surface area contributed by atoms with E-state index < -0.39 is 0 Å². The van der Waals surface area contributed by atoms with E-state index in [1.54, 1.807) is 11.1 Å². The van der Waals surface area contributed by atoms with Gasteiger partial charge >= 0.3 is 0 Å². The molecule has 2 fully saturated rings. The van der Waals surface area contributed by atoms with E-state index in [4.69, 9.17) is 0 Å². The first-order chi connectivity index (χ1) is 8.87. The average molecular weight is 234 g/mol. The molecule has 2 saturated carbocycles. The molecule has 0 aromatic heterocycles. The van der Waals surface area contributed by atoms with E-state index in [1.807, 2.05) is 0 Å². The molecular weight excluding hydrogens is 216 g/mol. The fourth-order valence-electron chi connectivity index (χ4n) is 3.85. The highest BCUT2D eigenvalue weighted by molar-refractivity contribution is 5.47. The summed E-state index contributed by atoms with van der Waals surface area (Å²) in [6, 6.07) is 22.3. The van der Waals surface area contributed by atoms with E-state index >= 15 is 0 Å². The van der Waals surface area contributed by atoms with E-state index in [-0.39, 0.29) is 0 Å². The van der Waals surface area contributed by atoms with Crippen molar-refractivity contribution < 1.29 is 0 Å². The Kier molecular flexibility index (Phi) is 2.00. The molecule has 0 N–H and O–H groups in total. The Balaban J connectivity index is 1.80. The number of hydrogen-bond acceptors (Lipinski definition) is 0. The minimum Gasteiger partial charge on any atom is -0.0622 e. The van der Waals surface area contributed by atoms with Gasteiger partial charge in [0.2, 0.25) is 0 Å². The van der Waals surface area contributed by atoms with Crippen molar-refractivity contribution in [3.63, 3.8) is 0 Å². The predicted octanol–water partition coefficient (Wildman–Crippen LogP) is 4.45. The molecule has 90 valence electrons. The summed E-state index contributed by atoms with van der Waals surface area (Å²) in [6.07, 6.45) is 5.47. The molecule has 0 nitrogen and oxygen atoms in total. The van der Waals surface area contributed by atoms with E-state index in [0.717, 1.165) is 0 Å². The molecule has 0 heterocycles. The Bertz CT molecular complexity index is 492. The molecule has 0 aliphatic heterocycles. The van der Waals surface area contributed by atoms with Crippen molar-refractivity contribution in [1.82, 2.24) is 0 Å². The standard InChI is InChI=1S/C18H18/c1-3-7-15(8-4-1)17(11-12-17)18(13-14-18)16-9-5-2-6-10-16/h1-10H,11-14H2. The van der Waals surface area contributed by atoms with Gasteiger partial charge in [-0.15, -0.1) is 0 Å². The van der Waals surface area contributed by atoms with Crippen LogP contribution in [0.15, 0.2) is 60.7 Å². The summed E-state index contributed by atoms with van der Waals surface area (Å²) in [6.45, 7) is 0. The fraction of sp³-hybridized carbons (Fsp3) is 0.333. The predicted molar refractivity (Wildman–Crippen MR) is 74.7 cm³/mol. The Morgan fingerprint density at radius 2 is 0.833 bits per heavy atom. The maximum atomic E-state index is 2.33. The smallest absolute Gasteiger partial charge is 0.00504 e. The van der Waals surface area contributed by atoms with Crippen molar-refractivity contribution in [2.45, 2.75) is 36.5 Å². The fourth-order valence-corrected chi connectivity index (χ4v) is 3.85. The van der Waals surface area contributed by atoms with E-state index in [1.165, 1.54) is 25.7 Å². The van der Waals surface area contributed by atoms with Crippen LogP contribution in [0.25, 0.3) is 0 Å². The van der Waals surface area contributed by atoms with Crippen molar-refractivity contribution >= 4 is 0 Å². The summed E-state index contributed by atoms with van der Waals surface area (Å²) in [5, 5.41) is 0. The average Bonchev–Trinajstić information content (AvgIpc) is 3.33. The summed E-state index contributed by atoms with van der Waals surface area (Å²) < 4.78 is 0. The Morgan fingerprint density at radius 3 is 1.11 bits per heavy atom. The van der Waals surface area contributed by atoms with Crippen molar-refractivity contribution in [3.8, 4) is 0 Å². The van der Waals surface area contributed by atoms with Crippen LogP contribution < -0.4 is 0 Å². The molecule has 2 aliphatic carbocycles. The third kappa shape index (κ3) is 1.26. The zero-order valence-corrected chi connectivity index (χ0v) is 10.6. The Labute approximate surface area is 109 Å². The first-order valence-corrected chi connectivity index (χ1v) is 6.99. The van der Waals surface area contributed by atoms with Gasteiger partial charge in [-0.25, -0.2) is 0 Å². The highest BCUT2D eigenvalue weighted by atomic mass is 14.7.